The lowest BCUT2D eigenvalue weighted by Gasteiger charge is -2.34. The Morgan fingerprint density at radius 2 is 1.91 bits per heavy atom. The molecule has 2 heterocycles. The quantitative estimate of drug-likeness (QED) is 0.729. The van der Waals surface area contributed by atoms with Gasteiger partial charge in [0.1, 0.15) is 12.4 Å². The van der Waals surface area contributed by atoms with Gasteiger partial charge >= 0.3 is 0 Å². The van der Waals surface area contributed by atoms with Gasteiger partial charge in [-0.3, -0.25) is 14.6 Å². The van der Waals surface area contributed by atoms with Crippen LogP contribution in [0.3, 0.4) is 0 Å². The lowest BCUT2D eigenvalue weighted by atomic mass is 10.1. The highest BCUT2D eigenvalue weighted by molar-refractivity contribution is 5.73. The maximum absolute atomic E-state index is 11.6. The molecule has 1 amide bonds. The van der Waals surface area contributed by atoms with E-state index in [1.807, 2.05) is 23.1 Å². The fourth-order valence-electron chi connectivity index (χ4n) is 4.37. The molecule has 7 heteroatoms. The van der Waals surface area contributed by atoms with Gasteiger partial charge in [0, 0.05) is 64.8 Å². The molecule has 0 unspecified atom stereocenters. The molecule has 4 rings (SSSR count). The van der Waals surface area contributed by atoms with Crippen molar-refractivity contribution in [3.8, 4) is 17.2 Å². The smallest absolute Gasteiger partial charge is 0.219 e. The minimum Gasteiger partial charge on any atom is -0.504 e. The number of ether oxygens (including phenoxy) is 2. The molecule has 7 nitrogen and oxygen atoms in total. The van der Waals surface area contributed by atoms with Gasteiger partial charge < -0.3 is 19.5 Å². The number of aromatic hydroxyl groups is 1. The van der Waals surface area contributed by atoms with E-state index in [9.17, 15) is 9.90 Å². The first-order valence-corrected chi connectivity index (χ1v) is 11.5. The summed E-state index contributed by atoms with van der Waals surface area (Å²) in [7, 11) is 1.55. The van der Waals surface area contributed by atoms with E-state index >= 15 is 0 Å². The third kappa shape index (κ3) is 6.06. The fraction of sp³-hybridized carbons (Fsp3) is 0.423. The molecule has 0 atom stereocenters. The Kier molecular flexibility index (Phi) is 7.52. The number of hydrogen-bond donors (Lipinski definition) is 1. The Hall–Kier alpha value is -3.03. The van der Waals surface area contributed by atoms with Crippen molar-refractivity contribution in [3.05, 3.63) is 59.2 Å². The molecular weight excluding hydrogens is 418 g/mol. The molecule has 0 spiro atoms. The minimum absolute atomic E-state index is 0.146. The molecule has 2 aliphatic rings. The van der Waals surface area contributed by atoms with E-state index in [2.05, 4.69) is 34.1 Å². The van der Waals surface area contributed by atoms with Crippen molar-refractivity contribution in [1.82, 2.24) is 14.7 Å². The highest BCUT2D eigenvalue weighted by Crippen LogP contribution is 2.27. The van der Waals surface area contributed by atoms with Gasteiger partial charge in [-0.05, 0) is 35.4 Å². The van der Waals surface area contributed by atoms with Crippen LogP contribution in [0.2, 0.25) is 0 Å². The van der Waals surface area contributed by atoms with Crippen LogP contribution in [-0.4, -0.2) is 78.7 Å². The topological polar surface area (TPSA) is 65.5 Å². The molecule has 1 N–H and O–H groups in total. The molecule has 1 saturated heterocycles. The zero-order valence-electron chi connectivity index (χ0n) is 19.5. The average Bonchev–Trinajstić information content (AvgIpc) is 3.02. The molecule has 2 aliphatic heterocycles. The maximum Gasteiger partial charge on any atom is 0.219 e. The van der Waals surface area contributed by atoms with E-state index in [0.29, 0.717) is 12.4 Å². The van der Waals surface area contributed by atoms with E-state index in [4.69, 9.17) is 9.47 Å². The first kappa shape index (κ1) is 23.1. The van der Waals surface area contributed by atoms with Gasteiger partial charge in [-0.1, -0.05) is 24.3 Å². The van der Waals surface area contributed by atoms with Crippen LogP contribution in [0.5, 0.6) is 17.2 Å². The average molecular weight is 452 g/mol. The summed E-state index contributed by atoms with van der Waals surface area (Å²) < 4.78 is 11.2. The molecular formula is C26H33N3O4. The third-order valence-electron chi connectivity index (χ3n) is 6.29. The molecule has 0 bridgehead atoms. The van der Waals surface area contributed by atoms with Crippen LogP contribution in [0, 0.1) is 0 Å². The Morgan fingerprint density at radius 1 is 1.09 bits per heavy atom. The maximum atomic E-state index is 11.6. The SMILES string of the molecule is COc1cc(/C=C/CN2CCOc3ccc(CN4CCN(C(C)=O)CC4)cc3C2)ccc1O. The number of hydrogen-bond acceptors (Lipinski definition) is 6. The molecule has 0 aliphatic carbocycles. The molecule has 0 aromatic heterocycles. The molecule has 176 valence electrons. The van der Waals surface area contributed by atoms with Crippen molar-refractivity contribution in [2.24, 2.45) is 0 Å². The summed E-state index contributed by atoms with van der Waals surface area (Å²) in [6, 6.07) is 11.9. The van der Waals surface area contributed by atoms with Gasteiger partial charge in [-0.15, -0.1) is 0 Å². The second kappa shape index (κ2) is 10.7. The van der Waals surface area contributed by atoms with Gasteiger partial charge in [0.25, 0.3) is 0 Å². The van der Waals surface area contributed by atoms with Crippen molar-refractivity contribution in [3.63, 3.8) is 0 Å². The van der Waals surface area contributed by atoms with Crippen LogP contribution in [-0.2, 0) is 17.9 Å². The van der Waals surface area contributed by atoms with E-state index in [1.54, 1.807) is 20.1 Å². The Bertz CT molecular complexity index is 999. The number of phenols is 1. The summed E-state index contributed by atoms with van der Waals surface area (Å²) >= 11 is 0. The summed E-state index contributed by atoms with van der Waals surface area (Å²) in [5, 5.41) is 9.76. The number of phenolic OH excluding ortho intramolecular Hbond substituents is 1. The van der Waals surface area contributed by atoms with Gasteiger partial charge in [-0.2, -0.15) is 0 Å². The highest BCUT2D eigenvalue weighted by atomic mass is 16.5. The van der Waals surface area contributed by atoms with Crippen LogP contribution in [0.4, 0.5) is 0 Å². The van der Waals surface area contributed by atoms with Crippen LogP contribution < -0.4 is 9.47 Å². The summed E-state index contributed by atoms with van der Waals surface area (Å²) in [5.41, 5.74) is 3.48. The molecule has 2 aromatic rings. The first-order valence-electron chi connectivity index (χ1n) is 11.5. The lowest BCUT2D eigenvalue weighted by Crippen LogP contribution is -2.47. The Balaban J connectivity index is 1.36. The molecule has 1 fully saturated rings. The summed E-state index contributed by atoms with van der Waals surface area (Å²) in [5.74, 6) is 1.75. The number of rotatable bonds is 6. The number of piperazine rings is 1. The molecule has 33 heavy (non-hydrogen) atoms. The van der Waals surface area contributed by atoms with Crippen LogP contribution in [0.25, 0.3) is 6.08 Å². The number of fused-ring (bicyclic) bond motifs is 1. The van der Waals surface area contributed by atoms with Crippen LogP contribution in [0.1, 0.15) is 23.6 Å². The van der Waals surface area contributed by atoms with Crippen LogP contribution >= 0.6 is 0 Å². The second-order valence-electron chi connectivity index (χ2n) is 8.64. The molecule has 0 radical (unpaired) electrons. The number of carbonyl (C=O) groups is 1. The second-order valence-corrected chi connectivity index (χ2v) is 8.64. The number of nitrogens with zero attached hydrogens (tertiary/aromatic N) is 3. The van der Waals surface area contributed by atoms with E-state index in [1.165, 1.54) is 11.1 Å². The number of benzene rings is 2. The number of methoxy groups -OCH3 is 1. The normalized spacial score (nSPS) is 17.5. The standard InChI is InChI=1S/C26H33N3O4/c1-20(30)29-12-10-28(11-13-29)18-22-6-8-25-23(16-22)19-27(14-15-33-25)9-3-4-21-5-7-24(31)26(17-21)32-2/h3-8,16-17,31H,9-15,18-19H2,1-2H3/b4-3+. The van der Waals surface area contributed by atoms with Crippen molar-refractivity contribution in [2.45, 2.75) is 20.0 Å². The van der Waals surface area contributed by atoms with Gasteiger partial charge in [0.2, 0.25) is 5.91 Å². The van der Waals surface area contributed by atoms with Crippen molar-refractivity contribution >= 4 is 12.0 Å². The van der Waals surface area contributed by atoms with E-state index < -0.39 is 0 Å². The van der Waals surface area contributed by atoms with Gasteiger partial charge in [0.15, 0.2) is 11.5 Å². The van der Waals surface area contributed by atoms with E-state index in [0.717, 1.165) is 63.7 Å². The predicted octanol–water partition coefficient (Wildman–Crippen LogP) is 2.97. The number of carbonyl (C=O) groups excluding carboxylic acids is 1. The Morgan fingerprint density at radius 3 is 2.67 bits per heavy atom. The van der Waals surface area contributed by atoms with Crippen LogP contribution in [0.15, 0.2) is 42.5 Å². The lowest BCUT2D eigenvalue weighted by molar-refractivity contribution is -0.130. The third-order valence-corrected chi connectivity index (χ3v) is 6.29. The zero-order chi connectivity index (χ0) is 23.2. The molecule has 2 aromatic carbocycles. The van der Waals surface area contributed by atoms with Gasteiger partial charge in [0.05, 0.1) is 7.11 Å². The van der Waals surface area contributed by atoms with Gasteiger partial charge in [-0.25, -0.2) is 0 Å². The van der Waals surface area contributed by atoms with Crippen molar-refractivity contribution in [1.29, 1.82) is 0 Å². The Labute approximate surface area is 195 Å². The highest BCUT2D eigenvalue weighted by Gasteiger charge is 2.20. The van der Waals surface area contributed by atoms with Crippen molar-refractivity contribution in [2.75, 3.05) is 53.0 Å². The summed E-state index contributed by atoms with van der Waals surface area (Å²) in [6.45, 7) is 9.13. The summed E-state index contributed by atoms with van der Waals surface area (Å²) in [6.07, 6.45) is 4.18. The van der Waals surface area contributed by atoms with Crippen molar-refractivity contribution < 1.29 is 19.4 Å². The molecule has 0 saturated carbocycles. The first-order chi connectivity index (χ1) is 16.0. The monoisotopic (exact) mass is 451 g/mol. The summed E-state index contributed by atoms with van der Waals surface area (Å²) in [4.78, 5) is 18.2. The largest absolute Gasteiger partial charge is 0.504 e. The predicted molar refractivity (Wildman–Crippen MR) is 128 cm³/mol. The fourth-order valence-corrected chi connectivity index (χ4v) is 4.37. The zero-order valence-corrected chi connectivity index (χ0v) is 19.5. The minimum atomic E-state index is 0.146. The van der Waals surface area contributed by atoms with E-state index in [-0.39, 0.29) is 11.7 Å². The number of amides is 1.